The first-order valence-electron chi connectivity index (χ1n) is 9.87. The zero-order chi connectivity index (χ0) is 20.1. The van der Waals surface area contributed by atoms with E-state index in [1.807, 2.05) is 37.3 Å². The Morgan fingerprint density at radius 1 is 1.21 bits per heavy atom. The lowest BCUT2D eigenvalue weighted by molar-refractivity contribution is -0.431. The van der Waals surface area contributed by atoms with Crippen LogP contribution in [-0.4, -0.2) is 76.8 Å². The molecular weight excluding hydrogens is 358 g/mol. The number of likely N-dealkylation sites (N-methyl/N-ethyl adjacent to an activating group) is 1. The summed E-state index contributed by atoms with van der Waals surface area (Å²) in [4.78, 5) is 40.8. The van der Waals surface area contributed by atoms with Gasteiger partial charge in [-0.2, -0.15) is 14.3 Å². The Morgan fingerprint density at radius 3 is 2.64 bits per heavy atom. The number of urea groups is 2. The number of nitrogens with zero attached hydrogens (tertiary/aromatic N) is 3. The molecule has 2 aliphatic heterocycles. The minimum atomic E-state index is -0.473. The van der Waals surface area contributed by atoms with E-state index >= 15 is 0 Å². The number of benzene rings is 1. The van der Waals surface area contributed by atoms with Crippen molar-refractivity contribution in [3.05, 3.63) is 30.3 Å². The molecule has 3 rings (SSSR count). The van der Waals surface area contributed by atoms with Gasteiger partial charge in [0.25, 0.3) is 0 Å². The molecule has 2 aliphatic rings. The summed E-state index contributed by atoms with van der Waals surface area (Å²) in [5.74, 6) is -0.188. The molecule has 0 aromatic heterocycles. The van der Waals surface area contributed by atoms with Crippen LogP contribution in [0, 0.1) is 0 Å². The molecule has 0 saturated carbocycles. The number of likely N-dealkylation sites (tertiary alicyclic amines) is 1. The largest absolute Gasteiger partial charge is 0.500 e. The van der Waals surface area contributed by atoms with Gasteiger partial charge in [0.1, 0.15) is 6.21 Å². The lowest BCUT2D eigenvalue weighted by Crippen LogP contribution is -2.62. The molecule has 0 spiro atoms. The topological polar surface area (TPSA) is 84.8 Å². The highest BCUT2D eigenvalue weighted by Crippen LogP contribution is 2.17. The van der Waals surface area contributed by atoms with Crippen molar-refractivity contribution in [2.24, 2.45) is 0 Å². The second-order valence-corrected chi connectivity index (χ2v) is 7.04. The molecule has 1 aromatic carbocycles. The smallest absolute Gasteiger partial charge is 0.334 e. The molecule has 8 nitrogen and oxygen atoms in total. The molecule has 150 valence electrons. The molecule has 5 amide bonds. The first kappa shape index (κ1) is 20.0. The number of rotatable bonds is 5. The van der Waals surface area contributed by atoms with E-state index in [-0.39, 0.29) is 24.0 Å². The molecule has 1 fully saturated rings. The van der Waals surface area contributed by atoms with E-state index in [0.29, 0.717) is 19.6 Å². The average molecular weight is 386 g/mol. The molecule has 1 aromatic rings. The van der Waals surface area contributed by atoms with Gasteiger partial charge in [-0.25, -0.2) is 9.59 Å². The van der Waals surface area contributed by atoms with E-state index in [4.69, 9.17) is 0 Å². The number of imide groups is 1. The molecule has 1 saturated heterocycles. The molecule has 28 heavy (non-hydrogen) atoms. The highest BCUT2D eigenvalue weighted by atomic mass is 16.2. The maximum atomic E-state index is 12.8. The summed E-state index contributed by atoms with van der Waals surface area (Å²) in [6.07, 6.45) is 3.46. The van der Waals surface area contributed by atoms with Crippen molar-refractivity contribution >= 4 is 29.9 Å². The van der Waals surface area contributed by atoms with Crippen LogP contribution in [0.15, 0.2) is 30.3 Å². The number of carbonyl (C=O) groups excluding carboxylic acids is 3. The van der Waals surface area contributed by atoms with Gasteiger partial charge in [0, 0.05) is 18.3 Å². The first-order chi connectivity index (χ1) is 13.5. The molecule has 2 unspecified atom stereocenters. The minimum Gasteiger partial charge on any atom is -0.334 e. The monoisotopic (exact) mass is 386 g/mol. The van der Waals surface area contributed by atoms with Crippen LogP contribution in [0.2, 0.25) is 0 Å². The Morgan fingerprint density at radius 2 is 1.96 bits per heavy atom. The third kappa shape index (κ3) is 4.39. The van der Waals surface area contributed by atoms with Gasteiger partial charge < -0.3 is 10.6 Å². The number of amides is 5. The summed E-state index contributed by atoms with van der Waals surface area (Å²) >= 11 is 0. The highest BCUT2D eigenvalue weighted by Gasteiger charge is 2.45. The standard InChI is InChI=1S/C20H27N5O3/c1-3-23-14-17(18(26)25(4-2)20(23)28)24-12-8-11-16(13-24)22-19(27)21-15-9-6-5-7-10-15/h5-7,9-10,14,16-17H,3-4,8,11-13H2,1-2H3,(H-,21,22,27)/p+1. The van der Waals surface area contributed by atoms with Crippen molar-refractivity contribution in [1.29, 1.82) is 0 Å². The van der Waals surface area contributed by atoms with Crippen LogP contribution in [0.25, 0.3) is 0 Å². The quantitative estimate of drug-likeness (QED) is 0.755. The van der Waals surface area contributed by atoms with Gasteiger partial charge in [0.05, 0.1) is 13.1 Å². The van der Waals surface area contributed by atoms with Gasteiger partial charge in [0.15, 0.2) is 6.04 Å². The zero-order valence-electron chi connectivity index (χ0n) is 16.4. The van der Waals surface area contributed by atoms with Gasteiger partial charge in [-0.15, -0.1) is 0 Å². The molecule has 2 N–H and O–H groups in total. The van der Waals surface area contributed by atoms with E-state index in [2.05, 4.69) is 15.5 Å². The predicted molar refractivity (Wildman–Crippen MR) is 107 cm³/mol. The fourth-order valence-electron chi connectivity index (χ4n) is 3.74. The van der Waals surface area contributed by atoms with Crippen LogP contribution >= 0.6 is 0 Å². The Hall–Kier alpha value is -2.74. The second-order valence-electron chi connectivity index (χ2n) is 7.04. The van der Waals surface area contributed by atoms with Gasteiger partial charge in [-0.1, -0.05) is 18.2 Å². The van der Waals surface area contributed by atoms with E-state index in [1.54, 1.807) is 17.7 Å². The lowest BCUT2D eigenvalue weighted by atomic mass is 10.0. The average Bonchev–Trinajstić information content (AvgIpc) is 2.69. The van der Waals surface area contributed by atoms with E-state index in [9.17, 15) is 14.4 Å². The second kappa shape index (κ2) is 8.97. The number of anilines is 1. The van der Waals surface area contributed by atoms with E-state index in [0.717, 1.165) is 25.1 Å². The summed E-state index contributed by atoms with van der Waals surface area (Å²) < 4.78 is 1.59. The van der Waals surface area contributed by atoms with Crippen LogP contribution in [0.1, 0.15) is 26.7 Å². The van der Waals surface area contributed by atoms with Crippen molar-refractivity contribution in [1.82, 2.24) is 15.1 Å². The van der Waals surface area contributed by atoms with E-state index < -0.39 is 6.04 Å². The highest BCUT2D eigenvalue weighted by molar-refractivity contribution is 6.06. The Balaban J connectivity index is 1.65. The van der Waals surface area contributed by atoms with Crippen LogP contribution < -0.4 is 10.6 Å². The number of para-hydroxylation sites is 1. The third-order valence-electron chi connectivity index (χ3n) is 5.19. The zero-order valence-corrected chi connectivity index (χ0v) is 16.4. The Bertz CT molecular complexity index is 764. The van der Waals surface area contributed by atoms with E-state index in [1.165, 1.54) is 4.90 Å². The number of hydrogen-bond donors (Lipinski definition) is 2. The minimum absolute atomic E-state index is 0.0542. The molecule has 0 aliphatic carbocycles. The SMILES string of the molecule is CCN1C(=O)C(N2CCCC(NC(=O)Nc3ccccc3)C2)C=[N+](CC)C1=O. The molecule has 0 radical (unpaired) electrons. The Labute approximate surface area is 165 Å². The Kier molecular flexibility index (Phi) is 6.41. The molecular formula is C20H28N5O3+. The van der Waals surface area contributed by atoms with Gasteiger partial charge in [-0.3, -0.25) is 4.90 Å². The van der Waals surface area contributed by atoms with Gasteiger partial charge in [0.2, 0.25) is 0 Å². The van der Waals surface area contributed by atoms with Crippen molar-refractivity contribution in [2.75, 3.05) is 31.5 Å². The van der Waals surface area contributed by atoms with Gasteiger partial charge in [-0.05, 0) is 45.4 Å². The maximum absolute atomic E-state index is 12.8. The number of carbonyl (C=O) groups is 3. The lowest BCUT2D eigenvalue weighted by Gasteiger charge is -2.37. The van der Waals surface area contributed by atoms with Crippen LogP contribution in [0.3, 0.4) is 0 Å². The summed E-state index contributed by atoms with van der Waals surface area (Å²) in [5, 5.41) is 5.83. The maximum Gasteiger partial charge on any atom is 0.500 e. The molecule has 0 bridgehead atoms. The van der Waals surface area contributed by atoms with Crippen molar-refractivity contribution in [3.8, 4) is 0 Å². The van der Waals surface area contributed by atoms with Crippen LogP contribution in [0.5, 0.6) is 0 Å². The van der Waals surface area contributed by atoms with Crippen LogP contribution in [0.4, 0.5) is 15.3 Å². The molecule has 8 heteroatoms. The summed E-state index contributed by atoms with van der Waals surface area (Å²) in [6, 6.07) is 8.24. The molecule has 2 heterocycles. The van der Waals surface area contributed by atoms with Crippen molar-refractivity contribution < 1.29 is 19.0 Å². The van der Waals surface area contributed by atoms with Crippen LogP contribution in [-0.2, 0) is 4.79 Å². The summed E-state index contributed by atoms with van der Waals surface area (Å²) in [7, 11) is 0. The predicted octanol–water partition coefficient (Wildman–Crippen LogP) is 1.73. The number of piperidine rings is 1. The number of hydrogen-bond acceptors (Lipinski definition) is 4. The van der Waals surface area contributed by atoms with Crippen molar-refractivity contribution in [3.63, 3.8) is 0 Å². The first-order valence-corrected chi connectivity index (χ1v) is 9.87. The number of nitrogens with one attached hydrogen (secondary N) is 2. The third-order valence-corrected chi connectivity index (χ3v) is 5.19. The normalized spacial score (nSPS) is 23.4. The summed E-state index contributed by atoms with van der Waals surface area (Å²) in [6.45, 7) is 5.90. The fraction of sp³-hybridized carbons (Fsp3) is 0.500. The molecule has 2 atom stereocenters. The summed E-state index contributed by atoms with van der Waals surface area (Å²) in [5.41, 5.74) is 0.735. The van der Waals surface area contributed by atoms with Gasteiger partial charge >= 0.3 is 18.0 Å². The van der Waals surface area contributed by atoms with Crippen molar-refractivity contribution in [2.45, 2.75) is 38.8 Å². The fourth-order valence-corrected chi connectivity index (χ4v) is 3.74.